The second-order valence-corrected chi connectivity index (χ2v) is 9.70. The standard InChI is InChI=1S/C19H21N5O4S/c1-12-5-13(2)7-14(6-12)22-18(25)10-23-16-9-21-24(17(16)8-20-19(23)26)15-3-4-29(27,28)11-15/h5-9,15H,3-4,10-11H2,1-2H3,(H,22,25)/t15-/m1/s1. The summed E-state index contributed by atoms with van der Waals surface area (Å²) >= 11 is 0. The van der Waals surface area contributed by atoms with Gasteiger partial charge < -0.3 is 5.32 Å². The highest BCUT2D eigenvalue weighted by Gasteiger charge is 2.31. The zero-order chi connectivity index (χ0) is 20.8. The van der Waals surface area contributed by atoms with Crippen LogP contribution in [0.25, 0.3) is 11.0 Å². The molecule has 0 saturated carbocycles. The second kappa shape index (κ2) is 7.11. The van der Waals surface area contributed by atoms with Gasteiger partial charge in [-0.15, -0.1) is 0 Å². The number of hydrogen-bond donors (Lipinski definition) is 1. The third-order valence-corrected chi connectivity index (χ3v) is 6.74. The average molecular weight is 415 g/mol. The van der Waals surface area contributed by atoms with E-state index in [1.54, 1.807) is 4.68 Å². The maximum Gasteiger partial charge on any atom is 0.348 e. The Morgan fingerprint density at radius 3 is 2.55 bits per heavy atom. The van der Waals surface area contributed by atoms with Crippen LogP contribution in [0.3, 0.4) is 0 Å². The molecule has 3 heterocycles. The molecule has 2 aromatic heterocycles. The molecule has 1 atom stereocenters. The monoisotopic (exact) mass is 415 g/mol. The lowest BCUT2D eigenvalue weighted by molar-refractivity contribution is -0.116. The molecule has 29 heavy (non-hydrogen) atoms. The van der Waals surface area contributed by atoms with Crippen LogP contribution >= 0.6 is 0 Å². The molecule has 0 unspecified atom stereocenters. The molecule has 3 aromatic rings. The zero-order valence-electron chi connectivity index (χ0n) is 16.1. The smallest absolute Gasteiger partial charge is 0.325 e. The van der Waals surface area contributed by atoms with Crippen molar-refractivity contribution in [1.29, 1.82) is 0 Å². The van der Waals surface area contributed by atoms with Crippen LogP contribution in [0.2, 0.25) is 0 Å². The van der Waals surface area contributed by atoms with E-state index in [1.165, 1.54) is 17.0 Å². The number of benzene rings is 1. The minimum atomic E-state index is -3.08. The molecule has 152 valence electrons. The topological polar surface area (TPSA) is 116 Å². The zero-order valence-corrected chi connectivity index (χ0v) is 16.9. The molecule has 1 fully saturated rings. The highest BCUT2D eigenvalue weighted by Crippen LogP contribution is 2.26. The number of fused-ring (bicyclic) bond motifs is 1. The number of sulfone groups is 1. The van der Waals surface area contributed by atoms with Gasteiger partial charge in [-0.25, -0.2) is 13.2 Å². The van der Waals surface area contributed by atoms with Crippen molar-refractivity contribution in [1.82, 2.24) is 19.3 Å². The van der Waals surface area contributed by atoms with E-state index in [0.717, 1.165) is 11.1 Å². The lowest BCUT2D eigenvalue weighted by Crippen LogP contribution is -2.29. The lowest BCUT2D eigenvalue weighted by atomic mass is 10.1. The molecule has 0 spiro atoms. The van der Waals surface area contributed by atoms with Crippen molar-refractivity contribution in [2.45, 2.75) is 32.9 Å². The van der Waals surface area contributed by atoms with Crippen LogP contribution in [-0.4, -0.2) is 45.2 Å². The first-order chi connectivity index (χ1) is 13.7. The van der Waals surface area contributed by atoms with Gasteiger partial charge in [0, 0.05) is 5.69 Å². The van der Waals surface area contributed by atoms with Crippen LogP contribution in [0.5, 0.6) is 0 Å². The van der Waals surface area contributed by atoms with Crippen LogP contribution in [0.15, 0.2) is 35.4 Å². The largest absolute Gasteiger partial charge is 0.348 e. The van der Waals surface area contributed by atoms with Crippen LogP contribution in [0.1, 0.15) is 23.6 Å². The van der Waals surface area contributed by atoms with Gasteiger partial charge in [0.05, 0.1) is 35.5 Å². The molecule has 0 radical (unpaired) electrons. The number of nitrogens with zero attached hydrogens (tertiary/aromatic N) is 4. The molecule has 1 saturated heterocycles. The van der Waals surface area contributed by atoms with Gasteiger partial charge in [-0.05, 0) is 43.5 Å². The van der Waals surface area contributed by atoms with E-state index in [4.69, 9.17) is 0 Å². The van der Waals surface area contributed by atoms with Crippen molar-refractivity contribution in [2.24, 2.45) is 0 Å². The van der Waals surface area contributed by atoms with Gasteiger partial charge >= 0.3 is 5.69 Å². The summed E-state index contributed by atoms with van der Waals surface area (Å²) in [5.74, 6) is -0.233. The van der Waals surface area contributed by atoms with Crippen molar-refractivity contribution < 1.29 is 13.2 Å². The van der Waals surface area contributed by atoms with E-state index in [9.17, 15) is 18.0 Å². The fourth-order valence-electron chi connectivity index (χ4n) is 3.79. The molecular formula is C19H21N5O4S. The van der Waals surface area contributed by atoms with Gasteiger partial charge in [0.15, 0.2) is 9.84 Å². The van der Waals surface area contributed by atoms with Gasteiger partial charge in [0.1, 0.15) is 12.1 Å². The summed E-state index contributed by atoms with van der Waals surface area (Å²) in [6.07, 6.45) is 3.33. The number of hydrogen-bond acceptors (Lipinski definition) is 6. The fraction of sp³-hybridized carbons (Fsp3) is 0.368. The quantitative estimate of drug-likeness (QED) is 0.685. The minimum absolute atomic E-state index is 0.0100. The molecule has 10 heteroatoms. The van der Waals surface area contributed by atoms with Crippen molar-refractivity contribution in [3.63, 3.8) is 0 Å². The van der Waals surface area contributed by atoms with Crippen molar-refractivity contribution in [3.8, 4) is 0 Å². The average Bonchev–Trinajstić information content (AvgIpc) is 3.19. The maximum atomic E-state index is 12.5. The highest BCUT2D eigenvalue weighted by molar-refractivity contribution is 7.91. The summed E-state index contributed by atoms with van der Waals surface area (Å²) in [7, 11) is -3.08. The summed E-state index contributed by atoms with van der Waals surface area (Å²) < 4.78 is 26.4. The van der Waals surface area contributed by atoms with Crippen molar-refractivity contribution in [2.75, 3.05) is 16.8 Å². The molecule has 0 aliphatic carbocycles. The first kappa shape index (κ1) is 19.3. The van der Waals surface area contributed by atoms with Gasteiger partial charge in [-0.3, -0.25) is 14.0 Å². The van der Waals surface area contributed by atoms with Gasteiger partial charge in [-0.1, -0.05) is 6.07 Å². The highest BCUT2D eigenvalue weighted by atomic mass is 32.2. The van der Waals surface area contributed by atoms with E-state index in [-0.39, 0.29) is 30.0 Å². The molecular weight excluding hydrogens is 394 g/mol. The molecule has 1 amide bonds. The Hall–Kier alpha value is -3.01. The Bertz CT molecular complexity index is 1260. The number of carbonyl (C=O) groups excluding carboxylic acids is 1. The second-order valence-electron chi connectivity index (χ2n) is 7.47. The molecule has 1 aliphatic rings. The summed E-state index contributed by atoms with van der Waals surface area (Å²) in [6, 6.07) is 5.41. The number of nitrogens with one attached hydrogen (secondary N) is 1. The van der Waals surface area contributed by atoms with Gasteiger partial charge in [0.2, 0.25) is 5.91 Å². The van der Waals surface area contributed by atoms with Crippen LogP contribution < -0.4 is 11.0 Å². The van der Waals surface area contributed by atoms with E-state index in [0.29, 0.717) is 23.1 Å². The first-order valence-electron chi connectivity index (χ1n) is 9.23. The number of anilines is 1. The van der Waals surface area contributed by atoms with Crippen LogP contribution in [-0.2, 0) is 21.2 Å². The predicted molar refractivity (Wildman–Crippen MR) is 109 cm³/mol. The minimum Gasteiger partial charge on any atom is -0.325 e. The third kappa shape index (κ3) is 3.93. The Balaban J connectivity index is 1.63. The SMILES string of the molecule is Cc1cc(C)cc(NC(=O)Cn2c(=O)ncc3c2cnn3[C@@H]2CCS(=O)(=O)C2)c1. The van der Waals surface area contributed by atoms with Crippen molar-refractivity contribution >= 4 is 32.5 Å². The lowest BCUT2D eigenvalue weighted by Gasteiger charge is -2.11. The fourth-order valence-corrected chi connectivity index (χ4v) is 5.48. The molecule has 1 aliphatic heterocycles. The number of aromatic nitrogens is 4. The molecule has 4 rings (SSSR count). The summed E-state index contributed by atoms with van der Waals surface area (Å²) in [6.45, 7) is 3.66. The van der Waals surface area contributed by atoms with Gasteiger partial charge in [-0.2, -0.15) is 10.1 Å². The normalized spacial score (nSPS) is 18.2. The van der Waals surface area contributed by atoms with E-state index in [2.05, 4.69) is 15.4 Å². The van der Waals surface area contributed by atoms with E-state index < -0.39 is 15.5 Å². The van der Waals surface area contributed by atoms with E-state index in [1.807, 2.05) is 32.0 Å². The summed E-state index contributed by atoms with van der Waals surface area (Å²) in [5.41, 5.74) is 3.12. The third-order valence-electron chi connectivity index (χ3n) is 4.99. The first-order valence-corrected chi connectivity index (χ1v) is 11.1. The number of carbonyl (C=O) groups is 1. The number of rotatable bonds is 4. The number of aryl methyl sites for hydroxylation is 2. The summed E-state index contributed by atoms with van der Waals surface area (Å²) in [4.78, 5) is 28.7. The van der Waals surface area contributed by atoms with Crippen LogP contribution in [0, 0.1) is 13.8 Å². The van der Waals surface area contributed by atoms with Crippen molar-refractivity contribution in [3.05, 3.63) is 52.2 Å². The van der Waals surface area contributed by atoms with Gasteiger partial charge in [0.25, 0.3) is 0 Å². The van der Waals surface area contributed by atoms with E-state index >= 15 is 0 Å². The summed E-state index contributed by atoms with van der Waals surface area (Å²) in [5, 5.41) is 7.08. The Morgan fingerprint density at radius 2 is 1.90 bits per heavy atom. The molecule has 1 aromatic carbocycles. The Labute approximate surface area is 167 Å². The van der Waals surface area contributed by atoms with Crippen LogP contribution in [0.4, 0.5) is 5.69 Å². The maximum absolute atomic E-state index is 12.5. The Kier molecular flexibility index (Phi) is 4.73. The number of amides is 1. The Morgan fingerprint density at radius 1 is 1.17 bits per heavy atom. The molecule has 1 N–H and O–H groups in total. The predicted octanol–water partition coefficient (Wildman–Crippen LogP) is 1.21. The molecule has 9 nitrogen and oxygen atoms in total. The molecule has 0 bridgehead atoms.